The van der Waals surface area contributed by atoms with E-state index in [4.69, 9.17) is 9.47 Å². The molecule has 70 valence electrons. The molecule has 0 unspecified atom stereocenters. The second kappa shape index (κ2) is 3.79. The van der Waals surface area contributed by atoms with Crippen molar-refractivity contribution in [2.45, 2.75) is 19.4 Å². The fraction of sp³-hybridized carbons (Fsp3) is 0.455. The Morgan fingerprint density at radius 1 is 1.38 bits per heavy atom. The fourth-order valence-corrected chi connectivity index (χ4v) is 1.24. The van der Waals surface area contributed by atoms with Gasteiger partial charge in [0, 0.05) is 0 Å². The largest absolute Gasteiger partial charge is 0.494 e. The van der Waals surface area contributed by atoms with Crippen molar-refractivity contribution in [3.8, 4) is 5.75 Å². The van der Waals surface area contributed by atoms with Gasteiger partial charge >= 0.3 is 0 Å². The fourth-order valence-electron chi connectivity index (χ4n) is 1.24. The quantitative estimate of drug-likeness (QED) is 0.661. The van der Waals surface area contributed by atoms with Gasteiger partial charge < -0.3 is 9.47 Å². The van der Waals surface area contributed by atoms with Crippen molar-refractivity contribution in [1.29, 1.82) is 0 Å². The van der Waals surface area contributed by atoms with Crippen LogP contribution in [0.1, 0.15) is 25.0 Å². The first kappa shape index (κ1) is 8.57. The summed E-state index contributed by atoms with van der Waals surface area (Å²) >= 11 is 0. The molecule has 1 aromatic carbocycles. The molecular formula is C11H14O2. The molecule has 1 heterocycles. The summed E-state index contributed by atoms with van der Waals surface area (Å²) in [5.74, 6) is 0.950. The third kappa shape index (κ3) is 2.22. The summed E-state index contributed by atoms with van der Waals surface area (Å²) in [5, 5.41) is 0. The van der Waals surface area contributed by atoms with Crippen molar-refractivity contribution >= 4 is 0 Å². The molecule has 0 saturated carbocycles. The van der Waals surface area contributed by atoms with Crippen LogP contribution in [0.2, 0.25) is 0 Å². The Morgan fingerprint density at radius 3 is 2.62 bits per heavy atom. The van der Waals surface area contributed by atoms with Crippen molar-refractivity contribution in [1.82, 2.24) is 0 Å². The molecule has 1 aromatic rings. The van der Waals surface area contributed by atoms with Gasteiger partial charge in [-0.15, -0.1) is 0 Å². The minimum absolute atomic E-state index is 0.347. The Kier molecular flexibility index (Phi) is 2.50. The van der Waals surface area contributed by atoms with Gasteiger partial charge in [-0.05, 0) is 24.1 Å². The molecule has 2 heteroatoms. The first-order valence-electron chi connectivity index (χ1n) is 4.74. The molecule has 0 radical (unpaired) electrons. The van der Waals surface area contributed by atoms with E-state index in [0.29, 0.717) is 6.10 Å². The predicted octanol–water partition coefficient (Wildman–Crippen LogP) is 2.55. The highest BCUT2D eigenvalue weighted by atomic mass is 16.6. The molecule has 0 spiro atoms. The lowest BCUT2D eigenvalue weighted by Crippen LogP contribution is -1.94. The van der Waals surface area contributed by atoms with Crippen LogP contribution >= 0.6 is 0 Å². The Bertz CT molecular complexity index is 262. The predicted molar refractivity (Wildman–Crippen MR) is 50.9 cm³/mol. The molecule has 0 amide bonds. The molecule has 2 nitrogen and oxygen atoms in total. The molecule has 0 bridgehead atoms. The van der Waals surface area contributed by atoms with E-state index in [-0.39, 0.29) is 0 Å². The molecule has 1 aliphatic heterocycles. The molecule has 1 fully saturated rings. The zero-order valence-corrected chi connectivity index (χ0v) is 7.82. The lowest BCUT2D eigenvalue weighted by Gasteiger charge is -2.04. The normalized spacial score (nSPS) is 19.9. The Labute approximate surface area is 78.5 Å². The average Bonchev–Trinajstić information content (AvgIpc) is 2.99. The number of hydrogen-bond donors (Lipinski definition) is 0. The molecule has 0 N–H and O–H groups in total. The minimum atomic E-state index is 0.347. The molecule has 2 rings (SSSR count). The summed E-state index contributed by atoms with van der Waals surface area (Å²) in [6, 6.07) is 8.16. The summed E-state index contributed by atoms with van der Waals surface area (Å²) in [4.78, 5) is 0. The zero-order valence-electron chi connectivity index (χ0n) is 7.82. The third-order valence-electron chi connectivity index (χ3n) is 2.06. The summed E-state index contributed by atoms with van der Waals surface area (Å²) in [6.07, 6.45) is 1.40. The number of rotatable bonds is 4. The zero-order chi connectivity index (χ0) is 9.10. The molecule has 0 aromatic heterocycles. The van der Waals surface area contributed by atoms with Gasteiger partial charge in [0.15, 0.2) is 0 Å². The summed E-state index contributed by atoms with van der Waals surface area (Å²) in [6.45, 7) is 3.76. The number of ether oxygens (including phenoxy) is 2. The van der Waals surface area contributed by atoms with Gasteiger partial charge in [0.2, 0.25) is 0 Å². The van der Waals surface area contributed by atoms with Crippen molar-refractivity contribution in [2.75, 3.05) is 13.2 Å². The van der Waals surface area contributed by atoms with Gasteiger partial charge in [0.1, 0.15) is 11.9 Å². The van der Waals surface area contributed by atoms with Gasteiger partial charge in [-0.2, -0.15) is 0 Å². The van der Waals surface area contributed by atoms with Crippen LogP contribution in [0.25, 0.3) is 0 Å². The second-order valence-corrected chi connectivity index (χ2v) is 3.24. The highest BCUT2D eigenvalue weighted by molar-refractivity contribution is 5.29. The van der Waals surface area contributed by atoms with E-state index in [1.165, 1.54) is 5.56 Å². The van der Waals surface area contributed by atoms with Crippen LogP contribution in [0.15, 0.2) is 24.3 Å². The molecular weight excluding hydrogens is 164 g/mol. The maximum absolute atomic E-state index is 5.47. The second-order valence-electron chi connectivity index (χ2n) is 3.24. The van der Waals surface area contributed by atoms with Gasteiger partial charge in [-0.1, -0.05) is 19.1 Å². The highest BCUT2D eigenvalue weighted by Gasteiger charge is 2.24. The van der Waals surface area contributed by atoms with Crippen molar-refractivity contribution < 1.29 is 9.47 Å². The minimum Gasteiger partial charge on any atom is -0.494 e. The van der Waals surface area contributed by atoms with Crippen LogP contribution in [0.4, 0.5) is 0 Å². The third-order valence-corrected chi connectivity index (χ3v) is 2.06. The van der Waals surface area contributed by atoms with E-state index in [2.05, 4.69) is 19.1 Å². The molecule has 1 saturated heterocycles. The van der Waals surface area contributed by atoms with Gasteiger partial charge in [-0.25, -0.2) is 0 Å². The topological polar surface area (TPSA) is 21.8 Å². The van der Waals surface area contributed by atoms with Gasteiger partial charge in [0.05, 0.1) is 13.2 Å². The summed E-state index contributed by atoms with van der Waals surface area (Å²) < 4.78 is 10.6. The van der Waals surface area contributed by atoms with E-state index in [1.54, 1.807) is 0 Å². The van der Waals surface area contributed by atoms with E-state index < -0.39 is 0 Å². The summed E-state index contributed by atoms with van der Waals surface area (Å²) in [7, 11) is 0. The average molecular weight is 178 g/mol. The number of benzene rings is 1. The first-order chi connectivity index (χ1) is 6.40. The maximum atomic E-state index is 5.47. The van der Waals surface area contributed by atoms with Crippen molar-refractivity contribution in [3.63, 3.8) is 0 Å². The van der Waals surface area contributed by atoms with Gasteiger partial charge in [-0.3, -0.25) is 0 Å². The molecule has 13 heavy (non-hydrogen) atoms. The Balaban J connectivity index is 1.96. The van der Waals surface area contributed by atoms with Crippen LogP contribution in [-0.4, -0.2) is 13.2 Å². The first-order valence-corrected chi connectivity index (χ1v) is 4.74. The van der Waals surface area contributed by atoms with Crippen LogP contribution in [0.5, 0.6) is 5.75 Å². The molecule has 0 aliphatic carbocycles. The van der Waals surface area contributed by atoms with E-state index in [0.717, 1.165) is 25.4 Å². The number of hydrogen-bond acceptors (Lipinski definition) is 2. The van der Waals surface area contributed by atoms with E-state index in [1.807, 2.05) is 12.1 Å². The molecule has 1 atom stereocenters. The lowest BCUT2D eigenvalue weighted by molar-refractivity contribution is 0.317. The summed E-state index contributed by atoms with van der Waals surface area (Å²) in [5.41, 5.74) is 1.25. The van der Waals surface area contributed by atoms with Crippen molar-refractivity contribution in [3.05, 3.63) is 29.8 Å². The Hall–Kier alpha value is -1.02. The maximum Gasteiger partial charge on any atom is 0.119 e. The van der Waals surface area contributed by atoms with Crippen LogP contribution in [0, 0.1) is 0 Å². The van der Waals surface area contributed by atoms with Crippen LogP contribution < -0.4 is 4.74 Å². The monoisotopic (exact) mass is 178 g/mol. The van der Waals surface area contributed by atoms with E-state index in [9.17, 15) is 0 Å². The Morgan fingerprint density at radius 2 is 2.08 bits per heavy atom. The SMILES string of the molecule is CCCOc1ccc([C@H]2CO2)cc1. The standard InChI is InChI=1S/C11H14O2/c1-2-7-12-10-5-3-9(4-6-10)11-8-13-11/h3-6,11H,2,7-8H2,1H3/t11-/m1/s1. The number of epoxide rings is 1. The van der Waals surface area contributed by atoms with Crippen LogP contribution in [0.3, 0.4) is 0 Å². The van der Waals surface area contributed by atoms with Crippen LogP contribution in [-0.2, 0) is 4.74 Å². The lowest BCUT2D eigenvalue weighted by atomic mass is 10.2. The molecule has 1 aliphatic rings. The highest BCUT2D eigenvalue weighted by Crippen LogP contribution is 2.30. The smallest absolute Gasteiger partial charge is 0.119 e. The van der Waals surface area contributed by atoms with Crippen molar-refractivity contribution in [2.24, 2.45) is 0 Å². The van der Waals surface area contributed by atoms with E-state index >= 15 is 0 Å². The van der Waals surface area contributed by atoms with Gasteiger partial charge in [0.25, 0.3) is 0 Å².